The molecule has 1 aliphatic carbocycles. The number of halogens is 3. The molecule has 0 radical (unpaired) electrons. The van der Waals surface area contributed by atoms with Crippen molar-refractivity contribution in [3.05, 3.63) is 35.4 Å². The summed E-state index contributed by atoms with van der Waals surface area (Å²) in [6.07, 6.45) is -1.34. The second-order valence-corrected chi connectivity index (χ2v) is 6.25. The van der Waals surface area contributed by atoms with Gasteiger partial charge in [-0.15, -0.1) is 0 Å². The van der Waals surface area contributed by atoms with Gasteiger partial charge in [-0.05, 0) is 31.4 Å². The summed E-state index contributed by atoms with van der Waals surface area (Å²) < 4.78 is 39.0. The molecule has 1 aromatic rings. The van der Waals surface area contributed by atoms with E-state index < -0.39 is 35.1 Å². The normalized spacial score (nSPS) is 18.7. The minimum atomic E-state index is -4.49. The van der Waals surface area contributed by atoms with Crippen molar-refractivity contribution in [1.82, 2.24) is 5.32 Å². The monoisotopic (exact) mass is 343 g/mol. The van der Waals surface area contributed by atoms with Crippen LogP contribution in [-0.2, 0) is 21.2 Å². The molecule has 24 heavy (non-hydrogen) atoms. The van der Waals surface area contributed by atoms with E-state index in [2.05, 4.69) is 5.32 Å². The molecular weight excluding hydrogens is 323 g/mol. The van der Waals surface area contributed by atoms with Gasteiger partial charge in [-0.25, -0.2) is 0 Å². The average Bonchev–Trinajstić information content (AvgIpc) is 2.54. The second kappa shape index (κ2) is 6.83. The molecule has 4 nitrogen and oxygen atoms in total. The highest BCUT2D eigenvalue weighted by Gasteiger charge is 2.43. The van der Waals surface area contributed by atoms with E-state index >= 15 is 0 Å². The Labute approximate surface area is 138 Å². The number of carbonyl (C=O) groups is 2. The van der Waals surface area contributed by atoms with Gasteiger partial charge in [0.05, 0.1) is 11.0 Å². The lowest BCUT2D eigenvalue weighted by Gasteiger charge is -2.37. The van der Waals surface area contributed by atoms with Gasteiger partial charge in [0.25, 0.3) is 0 Å². The predicted octanol–water partition coefficient (Wildman–Crippen LogP) is 3.50. The van der Waals surface area contributed by atoms with Crippen LogP contribution in [-0.4, -0.2) is 23.0 Å². The van der Waals surface area contributed by atoms with Crippen molar-refractivity contribution in [2.24, 2.45) is 0 Å². The summed E-state index contributed by atoms with van der Waals surface area (Å²) in [6.45, 7) is 1.34. The van der Waals surface area contributed by atoms with Crippen LogP contribution in [0.4, 0.5) is 13.2 Å². The SMILES string of the molecule is C[C@@H](NC(=O)C1(c2cccc(C(F)(F)F)c2)CCCCC1)C(=O)O. The number of carboxylic acid groups (broad SMARTS) is 1. The highest BCUT2D eigenvalue weighted by Crippen LogP contribution is 2.41. The van der Waals surface area contributed by atoms with E-state index in [1.165, 1.54) is 19.1 Å². The summed E-state index contributed by atoms with van der Waals surface area (Å²) in [5.74, 6) is -1.70. The van der Waals surface area contributed by atoms with Crippen LogP contribution in [0.15, 0.2) is 24.3 Å². The first-order valence-corrected chi connectivity index (χ1v) is 7.88. The molecule has 1 atom stereocenters. The molecule has 0 heterocycles. The van der Waals surface area contributed by atoms with E-state index in [4.69, 9.17) is 5.11 Å². The van der Waals surface area contributed by atoms with Crippen molar-refractivity contribution in [3.63, 3.8) is 0 Å². The molecule has 0 aromatic heterocycles. The summed E-state index contributed by atoms with van der Waals surface area (Å²) in [7, 11) is 0. The summed E-state index contributed by atoms with van der Waals surface area (Å²) in [4.78, 5) is 23.7. The van der Waals surface area contributed by atoms with Crippen LogP contribution in [0.3, 0.4) is 0 Å². The largest absolute Gasteiger partial charge is 0.480 e. The van der Waals surface area contributed by atoms with E-state index in [-0.39, 0.29) is 0 Å². The van der Waals surface area contributed by atoms with Crippen LogP contribution in [0.25, 0.3) is 0 Å². The highest BCUT2D eigenvalue weighted by atomic mass is 19.4. The molecule has 0 unspecified atom stereocenters. The number of aliphatic carboxylic acids is 1. The van der Waals surface area contributed by atoms with Gasteiger partial charge in [-0.2, -0.15) is 13.2 Å². The number of amides is 1. The first-order valence-electron chi connectivity index (χ1n) is 7.88. The molecular formula is C17H20F3NO3. The van der Waals surface area contributed by atoms with Crippen molar-refractivity contribution >= 4 is 11.9 Å². The lowest BCUT2D eigenvalue weighted by atomic mass is 9.68. The third-order valence-electron chi connectivity index (χ3n) is 4.60. The minimum absolute atomic E-state index is 0.298. The lowest BCUT2D eigenvalue weighted by molar-refractivity contribution is -0.142. The highest BCUT2D eigenvalue weighted by molar-refractivity contribution is 5.91. The van der Waals surface area contributed by atoms with Gasteiger partial charge in [0.2, 0.25) is 5.91 Å². The third-order valence-corrected chi connectivity index (χ3v) is 4.60. The molecule has 1 fully saturated rings. The fourth-order valence-corrected chi connectivity index (χ4v) is 3.19. The van der Waals surface area contributed by atoms with Gasteiger partial charge < -0.3 is 10.4 Å². The lowest BCUT2D eigenvalue weighted by Crippen LogP contribution is -2.50. The minimum Gasteiger partial charge on any atom is -0.480 e. The average molecular weight is 343 g/mol. The Bertz CT molecular complexity index is 622. The number of carbonyl (C=O) groups excluding carboxylic acids is 1. The van der Waals surface area contributed by atoms with Crippen LogP contribution in [0.1, 0.15) is 50.2 Å². The molecule has 0 aliphatic heterocycles. The molecule has 0 saturated heterocycles. The number of alkyl halides is 3. The number of benzene rings is 1. The van der Waals surface area contributed by atoms with Crippen molar-refractivity contribution in [1.29, 1.82) is 0 Å². The quantitative estimate of drug-likeness (QED) is 0.879. The summed E-state index contributed by atoms with van der Waals surface area (Å²) >= 11 is 0. The Kier molecular flexibility index (Phi) is 5.20. The third kappa shape index (κ3) is 3.71. The van der Waals surface area contributed by atoms with Crippen molar-refractivity contribution in [2.75, 3.05) is 0 Å². The number of nitrogens with one attached hydrogen (secondary N) is 1. The molecule has 1 aliphatic rings. The number of carboxylic acids is 1. The first kappa shape index (κ1) is 18.3. The summed E-state index contributed by atoms with van der Waals surface area (Å²) in [5, 5.41) is 11.4. The molecule has 1 aromatic carbocycles. The number of rotatable bonds is 4. The smallest absolute Gasteiger partial charge is 0.416 e. The Morgan fingerprint density at radius 1 is 1.21 bits per heavy atom. The van der Waals surface area contributed by atoms with E-state index in [0.717, 1.165) is 18.6 Å². The topological polar surface area (TPSA) is 66.4 Å². The van der Waals surface area contributed by atoms with E-state index in [1.54, 1.807) is 0 Å². The van der Waals surface area contributed by atoms with Crippen molar-refractivity contribution in [3.8, 4) is 0 Å². The molecule has 7 heteroatoms. The fourth-order valence-electron chi connectivity index (χ4n) is 3.19. The van der Waals surface area contributed by atoms with Gasteiger partial charge in [-0.1, -0.05) is 37.5 Å². The van der Waals surface area contributed by atoms with Crippen molar-refractivity contribution < 1.29 is 27.9 Å². The van der Waals surface area contributed by atoms with Crippen LogP contribution >= 0.6 is 0 Å². The molecule has 0 bridgehead atoms. The van der Waals surface area contributed by atoms with Gasteiger partial charge in [0.15, 0.2) is 0 Å². The molecule has 2 rings (SSSR count). The summed E-state index contributed by atoms with van der Waals surface area (Å²) in [6, 6.07) is 3.70. The Morgan fingerprint density at radius 2 is 1.83 bits per heavy atom. The summed E-state index contributed by atoms with van der Waals surface area (Å²) in [5.41, 5.74) is -1.61. The van der Waals surface area contributed by atoms with Crippen LogP contribution in [0.5, 0.6) is 0 Å². The zero-order valence-electron chi connectivity index (χ0n) is 13.3. The molecule has 1 saturated carbocycles. The zero-order valence-corrected chi connectivity index (χ0v) is 13.3. The molecule has 0 spiro atoms. The maximum absolute atomic E-state index is 13.0. The first-order chi connectivity index (χ1) is 11.2. The van der Waals surface area contributed by atoms with E-state index in [1.807, 2.05) is 0 Å². The van der Waals surface area contributed by atoms with Crippen molar-refractivity contribution in [2.45, 2.75) is 56.7 Å². The van der Waals surface area contributed by atoms with E-state index in [9.17, 15) is 22.8 Å². The van der Waals surface area contributed by atoms with E-state index in [0.29, 0.717) is 31.2 Å². The number of hydrogen-bond acceptors (Lipinski definition) is 2. The molecule has 2 N–H and O–H groups in total. The Balaban J connectivity index is 2.41. The maximum Gasteiger partial charge on any atom is 0.416 e. The van der Waals surface area contributed by atoms with Crippen LogP contribution in [0.2, 0.25) is 0 Å². The molecule has 1 amide bonds. The standard InChI is InChI=1S/C17H20F3NO3/c1-11(14(22)23)21-15(24)16(8-3-2-4-9-16)12-6-5-7-13(10-12)17(18,19)20/h5-7,10-11H,2-4,8-9H2,1H3,(H,21,24)(H,22,23)/t11-/m1/s1. The molecule has 132 valence electrons. The fraction of sp³-hybridized carbons (Fsp3) is 0.529. The number of hydrogen-bond donors (Lipinski definition) is 2. The van der Waals surface area contributed by atoms with Gasteiger partial charge in [-0.3, -0.25) is 9.59 Å². The Hall–Kier alpha value is -2.05. The second-order valence-electron chi connectivity index (χ2n) is 6.25. The Morgan fingerprint density at radius 3 is 2.38 bits per heavy atom. The van der Waals surface area contributed by atoms with Gasteiger partial charge >= 0.3 is 12.1 Å². The van der Waals surface area contributed by atoms with Gasteiger partial charge in [0.1, 0.15) is 6.04 Å². The van der Waals surface area contributed by atoms with Gasteiger partial charge in [0, 0.05) is 0 Å². The van der Waals surface area contributed by atoms with Crippen LogP contribution < -0.4 is 5.32 Å². The zero-order chi connectivity index (χ0) is 18.0. The predicted molar refractivity (Wildman–Crippen MR) is 81.4 cm³/mol. The van der Waals surface area contributed by atoms with Crippen LogP contribution in [0, 0.1) is 0 Å². The maximum atomic E-state index is 13.0.